The fraction of sp³-hybridized carbons (Fsp3) is 0.550. The first-order chi connectivity index (χ1) is 12.3. The van der Waals surface area contributed by atoms with E-state index in [-0.39, 0.29) is 0 Å². The van der Waals surface area contributed by atoms with Crippen LogP contribution in [0.1, 0.15) is 42.6 Å². The van der Waals surface area contributed by atoms with E-state index in [4.69, 9.17) is 4.74 Å². The minimum absolute atomic E-state index is 0.433. The molecule has 1 aromatic carbocycles. The standard InChI is InChI=1S/C20H28N4O/c1-2-24-20-5-3-4-19(18(20)15-22-24)21-14-16-6-8-17(9-7-16)23-10-12-25-13-11-23/h6-9,15,19,21H,2-5,10-14H2,1H3/t19-/m1/s1. The van der Waals surface area contributed by atoms with E-state index in [1.165, 1.54) is 35.3 Å². The number of benzene rings is 1. The van der Waals surface area contributed by atoms with Gasteiger partial charge in [-0.15, -0.1) is 0 Å². The fourth-order valence-electron chi connectivity index (χ4n) is 3.99. The van der Waals surface area contributed by atoms with Gasteiger partial charge in [-0.3, -0.25) is 4.68 Å². The Morgan fingerprint density at radius 3 is 2.76 bits per heavy atom. The largest absolute Gasteiger partial charge is 0.378 e. The molecule has 5 nitrogen and oxygen atoms in total. The van der Waals surface area contributed by atoms with Crippen LogP contribution in [0, 0.1) is 0 Å². The third-order valence-electron chi connectivity index (χ3n) is 5.43. The molecule has 1 aliphatic heterocycles. The van der Waals surface area contributed by atoms with Crippen LogP contribution in [-0.4, -0.2) is 36.1 Å². The summed E-state index contributed by atoms with van der Waals surface area (Å²) in [6, 6.07) is 9.41. The summed E-state index contributed by atoms with van der Waals surface area (Å²) in [6.07, 6.45) is 5.67. The van der Waals surface area contributed by atoms with E-state index in [1.54, 1.807) is 0 Å². The Morgan fingerprint density at radius 1 is 1.20 bits per heavy atom. The monoisotopic (exact) mass is 340 g/mol. The van der Waals surface area contributed by atoms with Gasteiger partial charge in [0.2, 0.25) is 0 Å². The number of hydrogen-bond acceptors (Lipinski definition) is 4. The van der Waals surface area contributed by atoms with Crippen molar-refractivity contribution in [1.82, 2.24) is 15.1 Å². The maximum absolute atomic E-state index is 5.43. The summed E-state index contributed by atoms with van der Waals surface area (Å²) in [4.78, 5) is 2.40. The van der Waals surface area contributed by atoms with Crippen LogP contribution in [0.5, 0.6) is 0 Å². The van der Waals surface area contributed by atoms with Gasteiger partial charge < -0.3 is 15.0 Å². The molecule has 0 bridgehead atoms. The number of anilines is 1. The maximum Gasteiger partial charge on any atom is 0.0642 e. The first-order valence-corrected chi connectivity index (χ1v) is 9.54. The Balaban J connectivity index is 1.38. The van der Waals surface area contributed by atoms with Gasteiger partial charge in [0.15, 0.2) is 0 Å². The Morgan fingerprint density at radius 2 is 2.00 bits per heavy atom. The van der Waals surface area contributed by atoms with Crippen molar-refractivity contribution >= 4 is 5.69 Å². The third kappa shape index (κ3) is 3.58. The van der Waals surface area contributed by atoms with Gasteiger partial charge in [-0.2, -0.15) is 5.10 Å². The van der Waals surface area contributed by atoms with E-state index in [0.29, 0.717) is 6.04 Å². The molecule has 5 heteroatoms. The lowest BCUT2D eigenvalue weighted by molar-refractivity contribution is 0.122. The Bertz CT molecular complexity index is 688. The lowest BCUT2D eigenvalue weighted by Crippen LogP contribution is -2.36. The molecule has 0 unspecified atom stereocenters. The van der Waals surface area contributed by atoms with E-state index in [1.807, 2.05) is 0 Å². The summed E-state index contributed by atoms with van der Waals surface area (Å²) in [6.45, 7) is 7.68. The molecule has 25 heavy (non-hydrogen) atoms. The van der Waals surface area contributed by atoms with Crippen molar-refractivity contribution in [2.24, 2.45) is 0 Å². The SMILES string of the molecule is CCn1ncc2c1CCC[C@H]2NCc1ccc(N2CCOCC2)cc1. The molecular weight excluding hydrogens is 312 g/mol. The van der Waals surface area contributed by atoms with Gasteiger partial charge in [0.05, 0.1) is 19.4 Å². The van der Waals surface area contributed by atoms with E-state index < -0.39 is 0 Å². The highest BCUT2D eigenvalue weighted by Gasteiger charge is 2.23. The van der Waals surface area contributed by atoms with E-state index in [9.17, 15) is 0 Å². The number of rotatable bonds is 5. The van der Waals surface area contributed by atoms with Crippen molar-refractivity contribution in [3.8, 4) is 0 Å². The minimum atomic E-state index is 0.433. The zero-order valence-corrected chi connectivity index (χ0v) is 15.1. The van der Waals surface area contributed by atoms with Gasteiger partial charge >= 0.3 is 0 Å². The van der Waals surface area contributed by atoms with Crippen LogP contribution in [0.25, 0.3) is 0 Å². The second-order valence-corrected chi connectivity index (χ2v) is 6.95. The number of nitrogens with zero attached hydrogens (tertiary/aromatic N) is 3. The first-order valence-electron chi connectivity index (χ1n) is 9.54. The molecule has 2 aromatic rings. The number of hydrogen-bond donors (Lipinski definition) is 1. The van der Waals surface area contributed by atoms with E-state index in [2.05, 4.69) is 57.4 Å². The zero-order chi connectivity index (χ0) is 17.1. The van der Waals surface area contributed by atoms with Gasteiger partial charge in [-0.05, 0) is 43.9 Å². The number of morpholine rings is 1. The molecule has 1 aliphatic carbocycles. The highest BCUT2D eigenvalue weighted by Crippen LogP contribution is 2.30. The minimum Gasteiger partial charge on any atom is -0.378 e. The normalized spacial score (nSPS) is 20.5. The summed E-state index contributed by atoms with van der Waals surface area (Å²) in [5, 5.41) is 8.29. The molecule has 4 rings (SSSR count). The van der Waals surface area contributed by atoms with Crippen LogP contribution in [-0.2, 0) is 24.2 Å². The summed E-state index contributed by atoms with van der Waals surface area (Å²) in [7, 11) is 0. The van der Waals surface area contributed by atoms with Crippen molar-refractivity contribution in [2.45, 2.75) is 45.3 Å². The molecule has 1 aromatic heterocycles. The van der Waals surface area contributed by atoms with E-state index in [0.717, 1.165) is 45.8 Å². The van der Waals surface area contributed by atoms with Crippen LogP contribution in [0.15, 0.2) is 30.5 Å². The number of aromatic nitrogens is 2. The molecule has 1 N–H and O–H groups in total. The second-order valence-electron chi connectivity index (χ2n) is 6.95. The number of fused-ring (bicyclic) bond motifs is 1. The maximum atomic E-state index is 5.43. The predicted octanol–water partition coefficient (Wildman–Crippen LogP) is 2.91. The summed E-state index contributed by atoms with van der Waals surface area (Å²) >= 11 is 0. The molecule has 0 amide bonds. The van der Waals surface area contributed by atoms with Gasteiger partial charge in [0.1, 0.15) is 0 Å². The van der Waals surface area contributed by atoms with Crippen molar-refractivity contribution in [3.05, 3.63) is 47.3 Å². The van der Waals surface area contributed by atoms with Crippen LogP contribution < -0.4 is 10.2 Å². The van der Waals surface area contributed by atoms with Crippen LogP contribution >= 0.6 is 0 Å². The predicted molar refractivity (Wildman–Crippen MR) is 99.9 cm³/mol. The summed E-state index contributed by atoms with van der Waals surface area (Å²) in [5.41, 5.74) is 5.47. The highest BCUT2D eigenvalue weighted by atomic mass is 16.5. The van der Waals surface area contributed by atoms with Crippen molar-refractivity contribution < 1.29 is 4.74 Å². The molecule has 2 heterocycles. The van der Waals surface area contributed by atoms with Gasteiger partial charge in [0, 0.05) is 49.2 Å². The smallest absolute Gasteiger partial charge is 0.0642 e. The average Bonchev–Trinajstić information content (AvgIpc) is 3.11. The summed E-state index contributed by atoms with van der Waals surface area (Å²) < 4.78 is 7.58. The molecule has 2 aliphatic rings. The molecule has 0 radical (unpaired) electrons. The van der Waals surface area contributed by atoms with Crippen molar-refractivity contribution in [2.75, 3.05) is 31.2 Å². The molecular formula is C20H28N4O. The number of ether oxygens (including phenoxy) is 1. The average molecular weight is 340 g/mol. The molecule has 1 saturated heterocycles. The number of aryl methyl sites for hydroxylation is 1. The Labute approximate surface area is 150 Å². The first kappa shape index (κ1) is 16.6. The van der Waals surface area contributed by atoms with E-state index >= 15 is 0 Å². The van der Waals surface area contributed by atoms with Crippen LogP contribution in [0.4, 0.5) is 5.69 Å². The zero-order valence-electron chi connectivity index (χ0n) is 15.1. The molecule has 0 saturated carbocycles. The fourth-order valence-corrected chi connectivity index (χ4v) is 3.99. The molecule has 1 atom stereocenters. The highest BCUT2D eigenvalue weighted by molar-refractivity contribution is 5.48. The lowest BCUT2D eigenvalue weighted by Gasteiger charge is -2.29. The van der Waals surface area contributed by atoms with Gasteiger partial charge in [-0.1, -0.05) is 12.1 Å². The van der Waals surface area contributed by atoms with Crippen LogP contribution in [0.2, 0.25) is 0 Å². The quantitative estimate of drug-likeness (QED) is 0.909. The topological polar surface area (TPSA) is 42.3 Å². The van der Waals surface area contributed by atoms with Gasteiger partial charge in [-0.25, -0.2) is 0 Å². The number of nitrogens with one attached hydrogen (secondary N) is 1. The van der Waals surface area contributed by atoms with Gasteiger partial charge in [0.25, 0.3) is 0 Å². The molecule has 1 fully saturated rings. The molecule has 134 valence electrons. The Hall–Kier alpha value is -1.85. The third-order valence-corrected chi connectivity index (χ3v) is 5.43. The van der Waals surface area contributed by atoms with Crippen molar-refractivity contribution in [1.29, 1.82) is 0 Å². The lowest BCUT2D eigenvalue weighted by atomic mass is 9.93. The van der Waals surface area contributed by atoms with Crippen molar-refractivity contribution in [3.63, 3.8) is 0 Å². The molecule has 0 spiro atoms. The van der Waals surface area contributed by atoms with Crippen LogP contribution in [0.3, 0.4) is 0 Å². The second kappa shape index (κ2) is 7.58. The summed E-state index contributed by atoms with van der Waals surface area (Å²) in [5.74, 6) is 0. The Kier molecular flexibility index (Phi) is 5.04.